The van der Waals surface area contributed by atoms with Crippen LogP contribution >= 0.6 is 19.2 Å². The van der Waals surface area contributed by atoms with Crippen LogP contribution in [0.5, 0.6) is 5.75 Å². The molecule has 0 radical (unpaired) electrons. The molecule has 4 amide bonds. The van der Waals surface area contributed by atoms with Crippen LogP contribution in [0.25, 0.3) is 10.9 Å². The van der Waals surface area contributed by atoms with E-state index < -0.39 is 43.8 Å². The van der Waals surface area contributed by atoms with Crippen LogP contribution in [0.3, 0.4) is 0 Å². The highest BCUT2D eigenvalue weighted by atomic mass is 35.5. The fourth-order valence-corrected chi connectivity index (χ4v) is 6.28. The number of urea groups is 1. The Morgan fingerprint density at radius 1 is 1.23 bits per heavy atom. The molecule has 2 aliphatic rings. The summed E-state index contributed by atoms with van der Waals surface area (Å²) < 4.78 is 38.5. The van der Waals surface area contributed by atoms with Crippen LogP contribution in [0.1, 0.15) is 31.7 Å². The summed E-state index contributed by atoms with van der Waals surface area (Å²) in [7, 11) is -4.01. The number of anilines is 1. The molecule has 5 rings (SSSR count). The molecule has 0 saturated carbocycles. The molecule has 2 atom stereocenters. The van der Waals surface area contributed by atoms with E-state index in [1.54, 1.807) is 23.2 Å². The third kappa shape index (κ3) is 6.54. The molecule has 2 saturated heterocycles. The van der Waals surface area contributed by atoms with Gasteiger partial charge in [-0.1, -0.05) is 37.1 Å². The zero-order valence-electron chi connectivity index (χ0n) is 23.9. The van der Waals surface area contributed by atoms with Crippen LogP contribution < -0.4 is 20.7 Å². The first kappa shape index (κ1) is 31.7. The molecule has 4 N–H and O–H groups in total. The summed E-state index contributed by atoms with van der Waals surface area (Å²) in [6.45, 7) is 3.07. The number of hydrogen-bond donors (Lipinski definition) is 3. The Morgan fingerprint density at radius 2 is 2.02 bits per heavy atom. The lowest BCUT2D eigenvalue weighted by molar-refractivity contribution is -0.127. The number of unbranched alkanes of at least 4 members (excludes halogenated alkanes) is 1. The summed E-state index contributed by atoms with van der Waals surface area (Å²) in [5.41, 5.74) is 6.56. The predicted molar refractivity (Wildman–Crippen MR) is 161 cm³/mol. The minimum atomic E-state index is -4.01. The quantitative estimate of drug-likeness (QED) is 0.205. The van der Waals surface area contributed by atoms with Gasteiger partial charge in [0.2, 0.25) is 5.91 Å². The smallest absolute Gasteiger partial charge is 0.365 e. The molecular formula is C28H33ClFN6O7P. The van der Waals surface area contributed by atoms with Crippen LogP contribution in [-0.4, -0.2) is 76.1 Å². The van der Waals surface area contributed by atoms with Crippen molar-refractivity contribution in [2.45, 2.75) is 38.8 Å². The molecule has 2 aliphatic heterocycles. The average Bonchev–Trinajstić information content (AvgIpc) is 3.60. The van der Waals surface area contributed by atoms with E-state index >= 15 is 0 Å². The maximum atomic E-state index is 14.3. The summed E-state index contributed by atoms with van der Waals surface area (Å²) >= 11 is 5.85. The van der Waals surface area contributed by atoms with Crippen molar-refractivity contribution in [2.24, 2.45) is 5.73 Å². The number of nitrogens with zero attached hydrogens (tertiary/aromatic N) is 4. The van der Waals surface area contributed by atoms with E-state index in [0.29, 0.717) is 42.5 Å². The molecular weight excluding hydrogens is 618 g/mol. The first-order valence-electron chi connectivity index (χ1n) is 14.1. The molecule has 3 heterocycles. The Kier molecular flexibility index (Phi) is 9.47. The zero-order valence-corrected chi connectivity index (χ0v) is 25.6. The van der Waals surface area contributed by atoms with E-state index in [1.807, 2.05) is 6.92 Å². The molecule has 0 aliphatic carbocycles. The van der Waals surface area contributed by atoms with Crippen molar-refractivity contribution in [1.29, 1.82) is 0 Å². The topological polar surface area (TPSA) is 160 Å². The van der Waals surface area contributed by atoms with Gasteiger partial charge in [-0.05, 0) is 37.1 Å². The normalized spacial score (nSPS) is 18.4. The molecule has 236 valence electrons. The summed E-state index contributed by atoms with van der Waals surface area (Å²) in [6.07, 6.45) is 2.64. The number of fused-ring (bicyclic) bond motifs is 2. The van der Waals surface area contributed by atoms with Crippen molar-refractivity contribution >= 4 is 53.8 Å². The van der Waals surface area contributed by atoms with Gasteiger partial charge in [-0.3, -0.25) is 18.8 Å². The van der Waals surface area contributed by atoms with Crippen molar-refractivity contribution in [1.82, 2.24) is 19.9 Å². The van der Waals surface area contributed by atoms with E-state index in [1.165, 1.54) is 38.9 Å². The Morgan fingerprint density at radius 3 is 2.77 bits per heavy atom. The Hall–Kier alpha value is -3.68. The van der Waals surface area contributed by atoms with E-state index in [9.17, 15) is 28.2 Å². The van der Waals surface area contributed by atoms with Crippen LogP contribution in [0.2, 0.25) is 5.02 Å². The minimum Gasteiger partial charge on any atom is -0.481 e. The molecule has 0 bridgehead atoms. The van der Waals surface area contributed by atoms with Crippen LogP contribution in [0.4, 0.5) is 19.7 Å². The first-order valence-corrected chi connectivity index (χ1v) is 16.2. The largest absolute Gasteiger partial charge is 0.481 e. The fourth-order valence-electron chi connectivity index (χ4n) is 5.28. The Bertz CT molecular complexity index is 1640. The minimum absolute atomic E-state index is 0.0556. The number of primary amides is 1. The lowest BCUT2D eigenvalue weighted by Gasteiger charge is -2.41. The standard InChI is InChI=1S/C28H33ClFN6O7P/c1-2-3-13-43-44(40,41)17-42-19-7-8-22-20(14-19)24(16-35(22)27(31)38)34-12-11-33-10-9-23(36(33)28(34)39)26(37)32-15-18-5-4-6-21(29)25(18)30/h4-8,14,16,23H,2-3,9-13,15,17H2,1H3,(H2,31,38)(H,32,37)(H,40,41)/t23-/m0/s1. The van der Waals surface area contributed by atoms with Crippen LogP contribution in [0.15, 0.2) is 42.6 Å². The highest BCUT2D eigenvalue weighted by Crippen LogP contribution is 2.43. The summed E-state index contributed by atoms with van der Waals surface area (Å²) in [5, 5.41) is 6.23. The maximum absolute atomic E-state index is 14.3. The van der Waals surface area contributed by atoms with Gasteiger partial charge in [-0.25, -0.2) is 24.0 Å². The van der Waals surface area contributed by atoms with Gasteiger partial charge in [0, 0.05) is 43.3 Å². The van der Waals surface area contributed by atoms with Crippen molar-refractivity contribution in [3.8, 4) is 5.75 Å². The highest BCUT2D eigenvalue weighted by molar-refractivity contribution is 7.52. The number of rotatable bonds is 11. The number of nitrogens with two attached hydrogens (primary N) is 1. The van der Waals surface area contributed by atoms with Gasteiger partial charge in [0.1, 0.15) is 17.6 Å². The molecule has 16 heteroatoms. The monoisotopic (exact) mass is 650 g/mol. The molecule has 3 aromatic rings. The second-order valence-corrected chi connectivity index (χ2v) is 12.7. The van der Waals surface area contributed by atoms with Gasteiger partial charge in [0.25, 0.3) is 0 Å². The lowest BCUT2D eigenvalue weighted by Crippen LogP contribution is -2.61. The number of hydrogen-bond acceptors (Lipinski definition) is 7. The molecule has 2 fully saturated rings. The SMILES string of the molecule is CCCCOP(=O)(O)COc1ccc2c(c1)c(N1CCN3CC[C@@H](C(=O)NCc4cccc(Cl)c4F)N3C1=O)cn2C(N)=O. The summed E-state index contributed by atoms with van der Waals surface area (Å²) in [6, 6.07) is 7.00. The van der Waals surface area contributed by atoms with Gasteiger partial charge in [-0.2, -0.15) is 0 Å². The van der Waals surface area contributed by atoms with Crippen molar-refractivity contribution in [3.63, 3.8) is 0 Å². The highest BCUT2D eigenvalue weighted by Gasteiger charge is 2.45. The van der Waals surface area contributed by atoms with Gasteiger partial charge in [0.05, 0.1) is 22.8 Å². The molecule has 2 aromatic carbocycles. The van der Waals surface area contributed by atoms with Crippen molar-refractivity contribution in [3.05, 3.63) is 59.0 Å². The van der Waals surface area contributed by atoms with Gasteiger partial charge >= 0.3 is 19.7 Å². The Labute approximate surface area is 257 Å². The van der Waals surface area contributed by atoms with Crippen molar-refractivity contribution < 1.29 is 37.5 Å². The maximum Gasteiger partial charge on any atom is 0.365 e. The van der Waals surface area contributed by atoms with E-state index in [-0.39, 0.29) is 36.0 Å². The number of benzene rings is 2. The molecule has 13 nitrogen and oxygen atoms in total. The number of amides is 4. The average molecular weight is 651 g/mol. The predicted octanol–water partition coefficient (Wildman–Crippen LogP) is 4.25. The molecule has 1 unspecified atom stereocenters. The number of halogens is 2. The number of carbonyl (C=O) groups excluding carboxylic acids is 3. The first-order chi connectivity index (χ1) is 21.0. The summed E-state index contributed by atoms with van der Waals surface area (Å²) in [5.74, 6) is -0.859. The number of hydrazine groups is 1. The van der Waals surface area contributed by atoms with E-state index in [0.717, 1.165) is 6.42 Å². The third-order valence-corrected chi connectivity index (χ3v) is 8.86. The van der Waals surface area contributed by atoms with E-state index in [2.05, 4.69) is 5.32 Å². The second-order valence-electron chi connectivity index (χ2n) is 10.5. The van der Waals surface area contributed by atoms with Crippen molar-refractivity contribution in [2.75, 3.05) is 37.5 Å². The van der Waals surface area contributed by atoms with Crippen LogP contribution in [0, 0.1) is 5.82 Å². The van der Waals surface area contributed by atoms with E-state index in [4.69, 9.17) is 26.6 Å². The fraction of sp³-hybridized carbons (Fsp3) is 0.393. The van der Waals surface area contributed by atoms with Crippen LogP contribution in [-0.2, 0) is 20.4 Å². The summed E-state index contributed by atoms with van der Waals surface area (Å²) in [4.78, 5) is 50.9. The van der Waals surface area contributed by atoms with Gasteiger partial charge in [-0.15, -0.1) is 0 Å². The molecule has 0 spiro atoms. The van der Waals surface area contributed by atoms with Gasteiger partial charge < -0.3 is 25.2 Å². The third-order valence-electron chi connectivity index (χ3n) is 7.52. The zero-order chi connectivity index (χ0) is 31.6. The number of nitrogens with one attached hydrogen (secondary N) is 1. The number of aromatic nitrogens is 1. The Balaban J connectivity index is 1.37. The lowest BCUT2D eigenvalue weighted by atomic mass is 10.1. The second kappa shape index (κ2) is 13.1. The van der Waals surface area contributed by atoms with Gasteiger partial charge in [0.15, 0.2) is 6.35 Å². The molecule has 44 heavy (non-hydrogen) atoms. The molecule has 1 aromatic heterocycles. The number of ether oxygens (including phenoxy) is 1. The number of carbonyl (C=O) groups is 3.